The molecule has 0 radical (unpaired) electrons. The van der Waals surface area contributed by atoms with Gasteiger partial charge in [0.1, 0.15) is 0 Å². The number of nitrogens with one attached hydrogen (secondary N) is 2. The van der Waals surface area contributed by atoms with E-state index in [1.54, 1.807) is 0 Å². The number of fused-ring (bicyclic) bond motifs is 1. The summed E-state index contributed by atoms with van der Waals surface area (Å²) >= 11 is 5.20. The first-order chi connectivity index (χ1) is 8.65. The summed E-state index contributed by atoms with van der Waals surface area (Å²) in [5.74, 6) is 1.56. The van der Waals surface area contributed by atoms with Gasteiger partial charge < -0.3 is 20.1 Å². The summed E-state index contributed by atoms with van der Waals surface area (Å²) in [5.41, 5.74) is 0.900. The number of thiocarbonyl (C=S) groups is 1. The molecule has 2 N–H and O–H groups in total. The van der Waals surface area contributed by atoms with Crippen LogP contribution in [0.4, 0.5) is 5.69 Å². The van der Waals surface area contributed by atoms with Gasteiger partial charge in [-0.3, -0.25) is 0 Å². The van der Waals surface area contributed by atoms with Gasteiger partial charge in [0, 0.05) is 24.2 Å². The zero-order valence-electron chi connectivity index (χ0n) is 10.7. The zero-order valence-corrected chi connectivity index (χ0v) is 11.5. The van der Waals surface area contributed by atoms with Crippen LogP contribution in [-0.2, 0) is 0 Å². The number of rotatable bonds is 2. The van der Waals surface area contributed by atoms with E-state index in [9.17, 15) is 0 Å². The van der Waals surface area contributed by atoms with Crippen molar-refractivity contribution in [1.82, 2.24) is 5.32 Å². The molecule has 1 aliphatic heterocycles. The summed E-state index contributed by atoms with van der Waals surface area (Å²) in [7, 11) is 0. The van der Waals surface area contributed by atoms with E-state index in [0.29, 0.717) is 24.4 Å². The van der Waals surface area contributed by atoms with Crippen LogP contribution in [0, 0.1) is 0 Å². The van der Waals surface area contributed by atoms with Gasteiger partial charge in [0.2, 0.25) is 0 Å². The van der Waals surface area contributed by atoms with Crippen LogP contribution in [0.5, 0.6) is 11.5 Å². The predicted octanol–water partition coefficient (Wildman–Crippen LogP) is 2.54. The molecule has 98 valence electrons. The monoisotopic (exact) mass is 266 g/mol. The standard InChI is InChI=1S/C13H18N2O2S/c1-9(2)14-13(18)15-10-4-5-11-12(8-10)17-7-3-6-16-11/h4-5,8-9H,3,6-7H2,1-2H3,(H2,14,15,18). The quantitative estimate of drug-likeness (QED) is 0.805. The molecule has 18 heavy (non-hydrogen) atoms. The largest absolute Gasteiger partial charge is 0.490 e. The van der Waals surface area contributed by atoms with Crippen molar-refractivity contribution in [2.24, 2.45) is 0 Å². The molecule has 0 fully saturated rings. The van der Waals surface area contributed by atoms with Gasteiger partial charge in [-0.05, 0) is 38.2 Å². The maximum Gasteiger partial charge on any atom is 0.170 e. The third kappa shape index (κ3) is 3.50. The van der Waals surface area contributed by atoms with Gasteiger partial charge in [-0.2, -0.15) is 0 Å². The fourth-order valence-corrected chi connectivity index (χ4v) is 2.02. The Morgan fingerprint density at radius 3 is 2.67 bits per heavy atom. The zero-order chi connectivity index (χ0) is 13.0. The van der Waals surface area contributed by atoms with Crippen LogP contribution in [0.15, 0.2) is 18.2 Å². The predicted molar refractivity (Wildman–Crippen MR) is 76.5 cm³/mol. The normalized spacial score (nSPS) is 13.9. The third-order valence-electron chi connectivity index (χ3n) is 2.43. The van der Waals surface area contributed by atoms with Crippen molar-refractivity contribution < 1.29 is 9.47 Å². The lowest BCUT2D eigenvalue weighted by Gasteiger charge is -2.14. The summed E-state index contributed by atoms with van der Waals surface area (Å²) in [5, 5.41) is 6.87. The van der Waals surface area contributed by atoms with Crippen LogP contribution in [0.1, 0.15) is 20.3 Å². The summed E-state index contributed by atoms with van der Waals surface area (Å²) in [6.45, 7) is 5.47. The highest BCUT2D eigenvalue weighted by Crippen LogP contribution is 2.32. The topological polar surface area (TPSA) is 42.5 Å². The lowest BCUT2D eigenvalue weighted by molar-refractivity contribution is 0.297. The van der Waals surface area contributed by atoms with Gasteiger partial charge >= 0.3 is 0 Å². The Hall–Kier alpha value is -1.49. The first-order valence-electron chi connectivity index (χ1n) is 6.12. The van der Waals surface area contributed by atoms with E-state index in [1.165, 1.54) is 0 Å². The fourth-order valence-electron chi connectivity index (χ4n) is 1.67. The molecule has 0 saturated carbocycles. The van der Waals surface area contributed by atoms with Gasteiger partial charge in [-0.1, -0.05) is 0 Å². The summed E-state index contributed by atoms with van der Waals surface area (Å²) < 4.78 is 11.2. The van der Waals surface area contributed by atoms with Crippen molar-refractivity contribution in [3.05, 3.63) is 18.2 Å². The lowest BCUT2D eigenvalue weighted by Crippen LogP contribution is -2.33. The van der Waals surface area contributed by atoms with Crippen LogP contribution in [0.2, 0.25) is 0 Å². The van der Waals surface area contributed by atoms with Gasteiger partial charge in [0.15, 0.2) is 16.6 Å². The van der Waals surface area contributed by atoms with Gasteiger partial charge in [0.25, 0.3) is 0 Å². The van der Waals surface area contributed by atoms with Gasteiger partial charge in [-0.15, -0.1) is 0 Å². The van der Waals surface area contributed by atoms with Crippen molar-refractivity contribution in [2.75, 3.05) is 18.5 Å². The van der Waals surface area contributed by atoms with E-state index in [2.05, 4.69) is 10.6 Å². The highest BCUT2D eigenvalue weighted by atomic mass is 32.1. The second kappa shape index (κ2) is 5.91. The Bertz CT molecular complexity index is 435. The van der Waals surface area contributed by atoms with Gasteiger partial charge in [0.05, 0.1) is 13.2 Å². The molecular weight excluding hydrogens is 248 g/mol. The van der Waals surface area contributed by atoms with E-state index in [4.69, 9.17) is 21.7 Å². The smallest absolute Gasteiger partial charge is 0.170 e. The van der Waals surface area contributed by atoms with E-state index in [-0.39, 0.29) is 0 Å². The molecular formula is C13H18N2O2S. The van der Waals surface area contributed by atoms with Crippen LogP contribution in [0.25, 0.3) is 0 Å². The molecule has 0 unspecified atom stereocenters. The molecule has 0 amide bonds. The summed E-state index contributed by atoms with van der Waals surface area (Å²) in [4.78, 5) is 0. The highest BCUT2D eigenvalue weighted by Gasteiger charge is 2.11. The molecule has 0 atom stereocenters. The molecule has 2 rings (SSSR count). The Morgan fingerprint density at radius 2 is 1.94 bits per heavy atom. The van der Waals surface area contributed by atoms with E-state index < -0.39 is 0 Å². The fraction of sp³-hybridized carbons (Fsp3) is 0.462. The average molecular weight is 266 g/mol. The first-order valence-corrected chi connectivity index (χ1v) is 6.53. The Kier molecular flexibility index (Phi) is 4.25. The molecule has 0 aromatic heterocycles. The number of anilines is 1. The maximum absolute atomic E-state index is 5.62. The number of benzene rings is 1. The van der Waals surface area contributed by atoms with Crippen molar-refractivity contribution in [2.45, 2.75) is 26.3 Å². The van der Waals surface area contributed by atoms with Crippen molar-refractivity contribution in [3.8, 4) is 11.5 Å². The second-order valence-electron chi connectivity index (χ2n) is 4.47. The molecule has 1 heterocycles. The molecule has 0 aliphatic carbocycles. The number of ether oxygens (including phenoxy) is 2. The first kappa shape index (κ1) is 13.0. The second-order valence-corrected chi connectivity index (χ2v) is 4.87. The molecule has 1 aromatic rings. The lowest BCUT2D eigenvalue weighted by atomic mass is 10.3. The molecule has 5 heteroatoms. The molecule has 1 aromatic carbocycles. The molecule has 0 spiro atoms. The average Bonchev–Trinajstić information content (AvgIpc) is 2.52. The Labute approximate surface area is 113 Å². The third-order valence-corrected chi connectivity index (χ3v) is 2.65. The molecule has 0 bridgehead atoms. The van der Waals surface area contributed by atoms with Crippen LogP contribution in [-0.4, -0.2) is 24.4 Å². The van der Waals surface area contributed by atoms with Crippen molar-refractivity contribution >= 4 is 23.0 Å². The maximum atomic E-state index is 5.62. The Morgan fingerprint density at radius 1 is 1.22 bits per heavy atom. The Balaban J connectivity index is 2.06. The number of hydrogen-bond donors (Lipinski definition) is 2. The summed E-state index contributed by atoms with van der Waals surface area (Å²) in [6, 6.07) is 6.06. The molecule has 4 nitrogen and oxygen atoms in total. The SMILES string of the molecule is CC(C)NC(=S)Nc1ccc2c(c1)OCCCO2. The van der Waals surface area contributed by atoms with E-state index in [1.807, 2.05) is 32.0 Å². The minimum absolute atomic E-state index is 0.311. The highest BCUT2D eigenvalue weighted by molar-refractivity contribution is 7.80. The van der Waals surface area contributed by atoms with Crippen LogP contribution < -0.4 is 20.1 Å². The minimum Gasteiger partial charge on any atom is -0.490 e. The summed E-state index contributed by atoms with van der Waals surface area (Å²) in [6.07, 6.45) is 0.907. The van der Waals surface area contributed by atoms with Gasteiger partial charge in [-0.25, -0.2) is 0 Å². The van der Waals surface area contributed by atoms with Crippen LogP contribution in [0.3, 0.4) is 0 Å². The van der Waals surface area contributed by atoms with Crippen molar-refractivity contribution in [1.29, 1.82) is 0 Å². The minimum atomic E-state index is 0.311. The molecule has 1 aliphatic rings. The van der Waals surface area contributed by atoms with E-state index in [0.717, 1.165) is 23.6 Å². The number of hydrogen-bond acceptors (Lipinski definition) is 3. The van der Waals surface area contributed by atoms with Crippen molar-refractivity contribution in [3.63, 3.8) is 0 Å². The van der Waals surface area contributed by atoms with Crippen LogP contribution >= 0.6 is 12.2 Å². The molecule has 0 saturated heterocycles. The van der Waals surface area contributed by atoms with E-state index >= 15 is 0 Å².